The number of likely N-dealkylation sites (tertiary alicyclic amines) is 2. The Labute approximate surface area is 112 Å². The Balaban J connectivity index is 1.85. The molecule has 0 aromatic rings. The Morgan fingerprint density at radius 2 is 1.67 bits per heavy atom. The molecule has 1 atom stereocenters. The van der Waals surface area contributed by atoms with Crippen molar-refractivity contribution in [2.75, 3.05) is 26.2 Å². The van der Waals surface area contributed by atoms with E-state index in [9.17, 15) is 4.79 Å². The first-order chi connectivity index (χ1) is 8.81. The average Bonchev–Trinajstić information content (AvgIpc) is 2.67. The van der Waals surface area contributed by atoms with Crippen LogP contribution in [0.5, 0.6) is 0 Å². The number of carbonyl (C=O) groups is 1. The Hall–Kier alpha value is -0.570. The maximum Gasteiger partial charge on any atom is 0.236 e. The van der Waals surface area contributed by atoms with Crippen LogP contribution in [-0.2, 0) is 4.79 Å². The van der Waals surface area contributed by atoms with E-state index < -0.39 is 0 Å². The molecule has 3 nitrogen and oxygen atoms in total. The molecule has 0 aromatic carbocycles. The highest BCUT2D eigenvalue weighted by atomic mass is 16.2. The van der Waals surface area contributed by atoms with Gasteiger partial charge in [0.15, 0.2) is 0 Å². The lowest BCUT2D eigenvalue weighted by atomic mass is 10.00. The van der Waals surface area contributed by atoms with Crippen molar-refractivity contribution in [3.05, 3.63) is 0 Å². The molecule has 0 saturated carbocycles. The van der Waals surface area contributed by atoms with Crippen LogP contribution in [0.15, 0.2) is 0 Å². The van der Waals surface area contributed by atoms with Gasteiger partial charge in [-0.25, -0.2) is 0 Å². The number of nitrogens with zero attached hydrogens (tertiary/aromatic N) is 2. The van der Waals surface area contributed by atoms with Crippen LogP contribution < -0.4 is 0 Å². The zero-order valence-electron chi connectivity index (χ0n) is 11.9. The summed E-state index contributed by atoms with van der Waals surface area (Å²) in [6.07, 6.45) is 10.0. The molecular formula is C15H28N2O. The van der Waals surface area contributed by atoms with Crippen molar-refractivity contribution in [1.82, 2.24) is 9.80 Å². The van der Waals surface area contributed by atoms with E-state index in [1.165, 1.54) is 44.9 Å². The molecule has 3 heteroatoms. The maximum absolute atomic E-state index is 12.4. The third-order valence-electron chi connectivity index (χ3n) is 4.48. The number of hydrogen-bond acceptors (Lipinski definition) is 2. The molecule has 2 aliphatic rings. The quantitative estimate of drug-likeness (QED) is 0.771. The molecule has 2 aliphatic heterocycles. The first kappa shape index (κ1) is 13.9. The second kappa shape index (κ2) is 7.13. The van der Waals surface area contributed by atoms with E-state index in [-0.39, 0.29) is 0 Å². The number of rotatable bonds is 3. The minimum Gasteiger partial charge on any atom is -0.339 e. The van der Waals surface area contributed by atoms with Crippen molar-refractivity contribution in [2.24, 2.45) is 0 Å². The smallest absolute Gasteiger partial charge is 0.236 e. The van der Waals surface area contributed by atoms with Crippen LogP contribution in [-0.4, -0.2) is 47.9 Å². The van der Waals surface area contributed by atoms with Crippen molar-refractivity contribution in [2.45, 2.75) is 64.3 Å². The maximum atomic E-state index is 12.4. The number of piperidine rings is 1. The molecule has 0 aromatic heterocycles. The van der Waals surface area contributed by atoms with Gasteiger partial charge in [-0.2, -0.15) is 0 Å². The molecule has 2 heterocycles. The van der Waals surface area contributed by atoms with Gasteiger partial charge in [-0.05, 0) is 51.6 Å². The average molecular weight is 252 g/mol. The largest absolute Gasteiger partial charge is 0.339 e. The van der Waals surface area contributed by atoms with Crippen molar-refractivity contribution < 1.29 is 4.79 Å². The molecule has 2 rings (SSSR count). The molecule has 0 spiro atoms. The second-order valence-corrected chi connectivity index (χ2v) is 5.84. The minimum atomic E-state index is 0.378. The van der Waals surface area contributed by atoms with Crippen molar-refractivity contribution in [3.8, 4) is 0 Å². The second-order valence-electron chi connectivity index (χ2n) is 5.84. The summed E-state index contributed by atoms with van der Waals surface area (Å²) in [5, 5.41) is 0. The molecule has 2 fully saturated rings. The van der Waals surface area contributed by atoms with Crippen molar-refractivity contribution in [1.29, 1.82) is 0 Å². The Kier molecular flexibility index (Phi) is 5.48. The predicted molar refractivity (Wildman–Crippen MR) is 74.6 cm³/mol. The van der Waals surface area contributed by atoms with Gasteiger partial charge in [-0.3, -0.25) is 9.69 Å². The van der Waals surface area contributed by atoms with E-state index in [0.29, 0.717) is 18.5 Å². The predicted octanol–water partition coefficient (Wildman–Crippen LogP) is 2.65. The number of hydrogen-bond donors (Lipinski definition) is 0. The minimum absolute atomic E-state index is 0.378. The Morgan fingerprint density at radius 3 is 2.33 bits per heavy atom. The van der Waals surface area contributed by atoms with E-state index in [4.69, 9.17) is 0 Å². The summed E-state index contributed by atoms with van der Waals surface area (Å²) in [6, 6.07) is 0.512. The molecule has 1 unspecified atom stereocenters. The van der Waals surface area contributed by atoms with Gasteiger partial charge in [-0.15, -0.1) is 0 Å². The van der Waals surface area contributed by atoms with Crippen LogP contribution in [0.4, 0.5) is 0 Å². The fourth-order valence-corrected chi connectivity index (χ4v) is 3.33. The highest BCUT2D eigenvalue weighted by Gasteiger charge is 2.26. The number of carbonyl (C=O) groups excluding carboxylic acids is 1. The first-order valence-corrected chi connectivity index (χ1v) is 7.83. The summed E-state index contributed by atoms with van der Waals surface area (Å²) in [5.74, 6) is 0.378. The van der Waals surface area contributed by atoms with Gasteiger partial charge in [0, 0.05) is 12.6 Å². The zero-order chi connectivity index (χ0) is 12.8. The molecule has 1 amide bonds. The van der Waals surface area contributed by atoms with E-state index in [0.717, 1.165) is 26.1 Å². The van der Waals surface area contributed by atoms with Gasteiger partial charge in [0.1, 0.15) is 0 Å². The monoisotopic (exact) mass is 252 g/mol. The fraction of sp³-hybridized carbons (Fsp3) is 0.933. The molecule has 0 radical (unpaired) electrons. The van der Waals surface area contributed by atoms with Gasteiger partial charge >= 0.3 is 0 Å². The van der Waals surface area contributed by atoms with Crippen LogP contribution >= 0.6 is 0 Å². The van der Waals surface area contributed by atoms with Crippen molar-refractivity contribution in [3.63, 3.8) is 0 Å². The van der Waals surface area contributed by atoms with E-state index in [2.05, 4.69) is 16.7 Å². The van der Waals surface area contributed by atoms with Gasteiger partial charge < -0.3 is 4.90 Å². The van der Waals surface area contributed by atoms with E-state index in [1.807, 2.05) is 0 Å². The first-order valence-electron chi connectivity index (χ1n) is 7.83. The summed E-state index contributed by atoms with van der Waals surface area (Å²) in [6.45, 7) is 6.11. The third kappa shape index (κ3) is 3.71. The Bertz CT molecular complexity index is 259. The lowest BCUT2D eigenvalue weighted by molar-refractivity contribution is -0.136. The van der Waals surface area contributed by atoms with Gasteiger partial charge in [0.25, 0.3) is 0 Å². The molecule has 0 bridgehead atoms. The lowest BCUT2D eigenvalue weighted by Gasteiger charge is -2.36. The standard InChI is InChI=1S/C15H28N2O/c1-2-14-9-5-8-12-17(14)15(18)13-16-10-6-3-4-7-11-16/h14H,2-13H2,1H3. The van der Waals surface area contributed by atoms with E-state index in [1.54, 1.807) is 0 Å². The molecule has 0 N–H and O–H groups in total. The fourth-order valence-electron chi connectivity index (χ4n) is 3.33. The molecular weight excluding hydrogens is 224 g/mol. The van der Waals surface area contributed by atoms with Crippen molar-refractivity contribution >= 4 is 5.91 Å². The SMILES string of the molecule is CCC1CCCCN1C(=O)CN1CCCCCC1. The summed E-state index contributed by atoms with van der Waals surface area (Å²) in [5.41, 5.74) is 0. The third-order valence-corrected chi connectivity index (χ3v) is 4.48. The summed E-state index contributed by atoms with van der Waals surface area (Å²) in [4.78, 5) is 17.0. The summed E-state index contributed by atoms with van der Waals surface area (Å²) < 4.78 is 0. The molecule has 18 heavy (non-hydrogen) atoms. The molecule has 2 saturated heterocycles. The van der Waals surface area contributed by atoms with Gasteiger partial charge in [-0.1, -0.05) is 19.8 Å². The number of amides is 1. The van der Waals surface area contributed by atoms with Crippen LogP contribution in [0.3, 0.4) is 0 Å². The van der Waals surface area contributed by atoms with Crippen LogP contribution in [0.1, 0.15) is 58.3 Å². The van der Waals surface area contributed by atoms with Gasteiger partial charge in [0.05, 0.1) is 6.54 Å². The van der Waals surface area contributed by atoms with Crippen LogP contribution in [0, 0.1) is 0 Å². The van der Waals surface area contributed by atoms with Crippen LogP contribution in [0.25, 0.3) is 0 Å². The van der Waals surface area contributed by atoms with E-state index >= 15 is 0 Å². The Morgan fingerprint density at radius 1 is 1.00 bits per heavy atom. The topological polar surface area (TPSA) is 23.6 Å². The van der Waals surface area contributed by atoms with Gasteiger partial charge in [0.2, 0.25) is 5.91 Å². The highest BCUT2D eigenvalue weighted by molar-refractivity contribution is 5.78. The highest BCUT2D eigenvalue weighted by Crippen LogP contribution is 2.20. The summed E-state index contributed by atoms with van der Waals surface area (Å²) in [7, 11) is 0. The molecule has 0 aliphatic carbocycles. The summed E-state index contributed by atoms with van der Waals surface area (Å²) >= 11 is 0. The van der Waals surface area contributed by atoms with Crippen LogP contribution in [0.2, 0.25) is 0 Å². The zero-order valence-corrected chi connectivity index (χ0v) is 11.9. The molecule has 104 valence electrons. The normalized spacial score (nSPS) is 26.9. The lowest BCUT2D eigenvalue weighted by Crippen LogP contribution is -2.48.